The van der Waals surface area contributed by atoms with Gasteiger partial charge in [-0.25, -0.2) is 0 Å². The molecule has 24 heavy (non-hydrogen) atoms. The molecule has 2 aromatic rings. The summed E-state index contributed by atoms with van der Waals surface area (Å²) in [7, 11) is 0. The number of aryl methyl sites for hydroxylation is 1. The topological polar surface area (TPSA) is 32.7 Å². The fourth-order valence-electron chi connectivity index (χ4n) is 2.50. The highest BCUT2D eigenvalue weighted by atomic mass is 35.5. The third kappa shape index (κ3) is 3.94. The van der Waals surface area contributed by atoms with E-state index in [1.165, 1.54) is 11.1 Å². The van der Waals surface area contributed by atoms with Crippen LogP contribution in [0.5, 0.6) is 0 Å². The summed E-state index contributed by atoms with van der Waals surface area (Å²) >= 11 is 13.7. The second-order valence-corrected chi connectivity index (χ2v) is 7.31. The Hall–Kier alpha value is -1.49. The van der Waals surface area contributed by atoms with Crippen molar-refractivity contribution >= 4 is 46.0 Å². The second-order valence-electron chi connectivity index (χ2n) is 5.52. The Morgan fingerprint density at radius 1 is 1.25 bits per heavy atom. The van der Waals surface area contributed by atoms with Crippen LogP contribution in [0.3, 0.4) is 0 Å². The number of nitrogens with zero attached hydrogens (tertiary/aromatic N) is 2. The van der Waals surface area contributed by atoms with Gasteiger partial charge in [-0.2, -0.15) is 0 Å². The third-order valence-electron chi connectivity index (χ3n) is 3.66. The van der Waals surface area contributed by atoms with Crippen molar-refractivity contribution in [2.24, 2.45) is 4.99 Å². The second kappa shape index (κ2) is 7.60. The van der Waals surface area contributed by atoms with Crippen LogP contribution in [-0.2, 0) is 5.75 Å². The third-order valence-corrected chi connectivity index (χ3v) is 5.31. The van der Waals surface area contributed by atoms with Crippen LogP contribution in [0, 0.1) is 6.92 Å². The van der Waals surface area contributed by atoms with Gasteiger partial charge < -0.3 is 0 Å². The molecule has 0 spiro atoms. The van der Waals surface area contributed by atoms with Crippen molar-refractivity contribution < 1.29 is 4.79 Å². The van der Waals surface area contributed by atoms with E-state index in [0.717, 1.165) is 10.9 Å². The number of aliphatic imine (C=N–C) groups is 1. The highest BCUT2D eigenvalue weighted by Gasteiger charge is 2.26. The molecule has 2 aromatic carbocycles. The normalized spacial score (nSPS) is 14.0. The maximum atomic E-state index is 12.8. The molecule has 0 aromatic heterocycles. The number of amidine groups is 1. The smallest absolute Gasteiger partial charge is 0.261 e. The largest absolute Gasteiger partial charge is 0.286 e. The molecule has 1 heterocycles. The molecule has 6 heteroatoms. The zero-order valence-electron chi connectivity index (χ0n) is 13.1. The first kappa shape index (κ1) is 17.3. The molecule has 1 amide bonds. The van der Waals surface area contributed by atoms with Crippen molar-refractivity contribution in [2.45, 2.75) is 12.7 Å². The molecule has 0 unspecified atom stereocenters. The van der Waals surface area contributed by atoms with E-state index >= 15 is 0 Å². The van der Waals surface area contributed by atoms with Crippen molar-refractivity contribution in [3.63, 3.8) is 0 Å². The predicted octanol–water partition coefficient (Wildman–Crippen LogP) is 5.05. The van der Waals surface area contributed by atoms with Gasteiger partial charge in [0.2, 0.25) is 0 Å². The molecule has 0 aliphatic carbocycles. The Bertz CT molecular complexity index is 807. The Morgan fingerprint density at radius 2 is 2.08 bits per heavy atom. The Labute approximate surface area is 155 Å². The minimum atomic E-state index is -0.157. The van der Waals surface area contributed by atoms with Gasteiger partial charge in [-0.05, 0) is 30.7 Å². The van der Waals surface area contributed by atoms with Gasteiger partial charge in [0.05, 0.1) is 17.1 Å². The fraction of sp³-hybridized carbons (Fsp3) is 0.222. The molecular formula is C18H16Cl2N2OS. The van der Waals surface area contributed by atoms with Crippen molar-refractivity contribution in [2.75, 3.05) is 13.1 Å². The Morgan fingerprint density at radius 3 is 2.88 bits per heavy atom. The summed E-state index contributed by atoms with van der Waals surface area (Å²) < 4.78 is 0. The van der Waals surface area contributed by atoms with E-state index in [0.29, 0.717) is 28.7 Å². The molecule has 124 valence electrons. The SMILES string of the molecule is Cc1cccc(CSC2=NCCN2C(=O)c2cc(Cl)ccc2Cl)c1. The van der Waals surface area contributed by atoms with Gasteiger partial charge in [-0.3, -0.25) is 14.7 Å². The summed E-state index contributed by atoms with van der Waals surface area (Å²) in [5.74, 6) is 0.614. The summed E-state index contributed by atoms with van der Waals surface area (Å²) in [6, 6.07) is 13.2. The monoisotopic (exact) mass is 378 g/mol. The van der Waals surface area contributed by atoms with E-state index in [-0.39, 0.29) is 5.91 Å². The lowest BCUT2D eigenvalue weighted by molar-refractivity contribution is 0.0861. The molecule has 0 bridgehead atoms. The van der Waals surface area contributed by atoms with E-state index < -0.39 is 0 Å². The lowest BCUT2D eigenvalue weighted by atomic mass is 10.2. The van der Waals surface area contributed by atoms with Crippen molar-refractivity contribution in [1.29, 1.82) is 0 Å². The summed E-state index contributed by atoms with van der Waals surface area (Å²) in [5.41, 5.74) is 2.85. The quantitative estimate of drug-likeness (QED) is 0.748. The molecule has 0 atom stereocenters. The molecule has 0 fully saturated rings. The summed E-state index contributed by atoms with van der Waals surface area (Å²) in [5, 5.41) is 1.63. The van der Waals surface area contributed by atoms with Gasteiger partial charge in [0.15, 0.2) is 5.17 Å². The molecule has 3 nitrogen and oxygen atoms in total. The van der Waals surface area contributed by atoms with E-state index in [9.17, 15) is 4.79 Å². The van der Waals surface area contributed by atoms with Crippen LogP contribution in [0.2, 0.25) is 10.0 Å². The highest BCUT2D eigenvalue weighted by molar-refractivity contribution is 8.13. The predicted molar refractivity (Wildman–Crippen MR) is 102 cm³/mol. The molecule has 3 rings (SSSR count). The maximum absolute atomic E-state index is 12.8. The number of carbonyl (C=O) groups is 1. The molecule has 1 aliphatic rings. The number of hydrogen-bond acceptors (Lipinski definition) is 3. The molecule has 0 N–H and O–H groups in total. The summed E-state index contributed by atoms with van der Waals surface area (Å²) in [4.78, 5) is 18.9. The van der Waals surface area contributed by atoms with E-state index in [1.807, 2.05) is 6.07 Å². The van der Waals surface area contributed by atoms with Gasteiger partial charge in [-0.1, -0.05) is 64.8 Å². The van der Waals surface area contributed by atoms with Gasteiger partial charge in [0, 0.05) is 17.3 Å². The first-order chi connectivity index (χ1) is 11.5. The molecule has 0 saturated carbocycles. The number of carbonyl (C=O) groups excluding carboxylic acids is 1. The van der Waals surface area contributed by atoms with Crippen molar-refractivity contribution in [1.82, 2.24) is 4.90 Å². The lowest BCUT2D eigenvalue weighted by Gasteiger charge is -2.18. The lowest BCUT2D eigenvalue weighted by Crippen LogP contribution is -2.33. The molecule has 0 radical (unpaired) electrons. The van der Waals surface area contributed by atoms with Crippen molar-refractivity contribution in [3.05, 3.63) is 69.2 Å². The minimum absolute atomic E-state index is 0.157. The number of thioether (sulfide) groups is 1. The van der Waals surface area contributed by atoms with E-state index in [2.05, 4.69) is 30.1 Å². The minimum Gasteiger partial charge on any atom is -0.286 e. The van der Waals surface area contributed by atoms with E-state index in [4.69, 9.17) is 23.2 Å². The molecule has 0 saturated heterocycles. The van der Waals surface area contributed by atoms with Crippen LogP contribution in [0.1, 0.15) is 21.5 Å². The zero-order valence-corrected chi connectivity index (χ0v) is 15.5. The van der Waals surface area contributed by atoms with Crippen LogP contribution in [0.15, 0.2) is 47.5 Å². The Balaban J connectivity index is 1.73. The summed E-state index contributed by atoms with van der Waals surface area (Å²) in [6.07, 6.45) is 0. The van der Waals surface area contributed by atoms with Crippen LogP contribution in [0.4, 0.5) is 0 Å². The maximum Gasteiger partial charge on any atom is 0.261 e. The number of rotatable bonds is 3. The first-order valence-corrected chi connectivity index (χ1v) is 9.28. The van der Waals surface area contributed by atoms with Crippen LogP contribution >= 0.6 is 35.0 Å². The first-order valence-electron chi connectivity index (χ1n) is 7.54. The molecular weight excluding hydrogens is 363 g/mol. The van der Waals surface area contributed by atoms with Gasteiger partial charge in [0.1, 0.15) is 0 Å². The van der Waals surface area contributed by atoms with Crippen LogP contribution < -0.4 is 0 Å². The van der Waals surface area contributed by atoms with Crippen LogP contribution in [0.25, 0.3) is 0 Å². The Kier molecular flexibility index (Phi) is 5.49. The average molecular weight is 379 g/mol. The standard InChI is InChI=1S/C18H16Cl2N2OS/c1-12-3-2-4-13(9-12)11-24-18-21-7-8-22(18)17(23)15-10-14(19)5-6-16(15)20/h2-6,9-10H,7-8,11H2,1H3. The summed E-state index contributed by atoms with van der Waals surface area (Å²) in [6.45, 7) is 3.25. The molecule has 1 aliphatic heterocycles. The van der Waals surface area contributed by atoms with Gasteiger partial charge in [0.25, 0.3) is 5.91 Å². The average Bonchev–Trinajstić information content (AvgIpc) is 3.03. The van der Waals surface area contributed by atoms with Crippen molar-refractivity contribution in [3.8, 4) is 0 Å². The van der Waals surface area contributed by atoms with Gasteiger partial charge in [-0.15, -0.1) is 0 Å². The zero-order chi connectivity index (χ0) is 17.1. The van der Waals surface area contributed by atoms with E-state index in [1.54, 1.807) is 34.9 Å². The van der Waals surface area contributed by atoms with Crippen LogP contribution in [-0.4, -0.2) is 29.1 Å². The number of benzene rings is 2. The fourth-order valence-corrected chi connectivity index (χ4v) is 3.85. The van der Waals surface area contributed by atoms with Gasteiger partial charge >= 0.3 is 0 Å². The number of amides is 1. The number of hydrogen-bond donors (Lipinski definition) is 0. The number of halogens is 2. The highest BCUT2D eigenvalue weighted by Crippen LogP contribution is 2.26.